The number of hydrogen-bond donors (Lipinski definition) is 3. The van der Waals surface area contributed by atoms with Crippen molar-refractivity contribution in [2.24, 2.45) is 5.92 Å². The molecule has 4 heteroatoms. The summed E-state index contributed by atoms with van der Waals surface area (Å²) in [7, 11) is 0. The minimum atomic E-state index is -0.378. The molecule has 0 bridgehead atoms. The molecule has 4 nitrogen and oxygen atoms in total. The monoisotopic (exact) mass is 481 g/mol. The number of anilines is 3. The third-order valence-electron chi connectivity index (χ3n) is 7.52. The Hall–Kier alpha value is -3.53. The van der Waals surface area contributed by atoms with Gasteiger partial charge < -0.3 is 16.4 Å². The van der Waals surface area contributed by atoms with Gasteiger partial charge in [0.25, 0.3) is 5.91 Å². The predicted molar refractivity (Wildman–Crippen MR) is 152 cm³/mol. The number of amides is 1. The van der Waals surface area contributed by atoms with Crippen LogP contribution in [0.4, 0.5) is 17.1 Å². The molecule has 36 heavy (non-hydrogen) atoms. The van der Waals surface area contributed by atoms with Gasteiger partial charge in [0.15, 0.2) is 0 Å². The van der Waals surface area contributed by atoms with Crippen LogP contribution in [0.15, 0.2) is 79.4 Å². The standard InChI is InChI=1S/C32H39N3O/c1-4-30(28-20-19-27(21-29(28)33)34-31-12-8-6-10-23(31)3)35-32(36)26-17-15-25(16-18-26)24-11-7-5-9-22(2)13-14-24/h4,6,8,10,12,15-22,24,30,34H,1,5,7,9,11,13-14,33H2,2-3H3,(H,35,36). The van der Waals surface area contributed by atoms with Crippen molar-refractivity contribution in [1.29, 1.82) is 0 Å². The molecule has 4 rings (SSSR count). The summed E-state index contributed by atoms with van der Waals surface area (Å²) in [6.45, 7) is 8.37. The Kier molecular flexibility index (Phi) is 8.48. The van der Waals surface area contributed by atoms with Crippen molar-refractivity contribution in [2.45, 2.75) is 64.3 Å². The Balaban J connectivity index is 1.42. The summed E-state index contributed by atoms with van der Waals surface area (Å²) in [6.07, 6.45) is 9.46. The number of hydrogen-bond acceptors (Lipinski definition) is 3. The summed E-state index contributed by atoms with van der Waals surface area (Å²) in [6, 6.07) is 21.7. The van der Waals surface area contributed by atoms with Crippen LogP contribution in [0, 0.1) is 12.8 Å². The third kappa shape index (κ3) is 6.37. The molecule has 0 aromatic heterocycles. The van der Waals surface area contributed by atoms with E-state index in [9.17, 15) is 4.79 Å². The van der Waals surface area contributed by atoms with E-state index in [-0.39, 0.29) is 11.9 Å². The zero-order chi connectivity index (χ0) is 25.5. The van der Waals surface area contributed by atoms with Crippen molar-refractivity contribution in [3.63, 3.8) is 0 Å². The minimum absolute atomic E-state index is 0.126. The van der Waals surface area contributed by atoms with Crippen molar-refractivity contribution < 1.29 is 4.79 Å². The normalized spacial score (nSPS) is 18.9. The summed E-state index contributed by atoms with van der Waals surface area (Å²) in [5, 5.41) is 6.50. The molecule has 0 saturated heterocycles. The Morgan fingerprint density at radius 2 is 1.75 bits per heavy atom. The highest BCUT2D eigenvalue weighted by Crippen LogP contribution is 2.33. The molecule has 3 atom stereocenters. The first-order valence-electron chi connectivity index (χ1n) is 13.2. The fourth-order valence-electron chi connectivity index (χ4n) is 5.19. The Morgan fingerprint density at radius 3 is 2.47 bits per heavy atom. The Morgan fingerprint density at radius 1 is 1.00 bits per heavy atom. The number of rotatable bonds is 7. The second-order valence-electron chi connectivity index (χ2n) is 10.3. The van der Waals surface area contributed by atoms with Gasteiger partial charge in [-0.05, 0) is 73.1 Å². The van der Waals surface area contributed by atoms with Crippen molar-refractivity contribution >= 4 is 23.0 Å². The minimum Gasteiger partial charge on any atom is -0.398 e. The molecule has 4 N–H and O–H groups in total. The highest BCUT2D eigenvalue weighted by Gasteiger charge is 2.19. The fourth-order valence-corrected chi connectivity index (χ4v) is 5.19. The maximum Gasteiger partial charge on any atom is 0.252 e. The molecule has 3 aromatic rings. The van der Waals surface area contributed by atoms with E-state index in [0.29, 0.717) is 17.2 Å². The second-order valence-corrected chi connectivity index (χ2v) is 10.3. The summed E-state index contributed by atoms with van der Waals surface area (Å²) in [5.74, 6) is 1.28. The zero-order valence-electron chi connectivity index (χ0n) is 21.6. The van der Waals surface area contributed by atoms with Gasteiger partial charge in [-0.25, -0.2) is 0 Å². The third-order valence-corrected chi connectivity index (χ3v) is 7.52. The van der Waals surface area contributed by atoms with Crippen LogP contribution in [0.5, 0.6) is 0 Å². The SMILES string of the molecule is C=CC(NC(=O)c1ccc(C2CCCCC(C)CC2)cc1)c1ccc(Nc2ccccc2C)cc1N. The van der Waals surface area contributed by atoms with Crippen molar-refractivity contribution in [3.05, 3.63) is 102 Å². The highest BCUT2D eigenvalue weighted by molar-refractivity contribution is 5.94. The molecule has 3 unspecified atom stereocenters. The van der Waals surface area contributed by atoms with Gasteiger partial charge in [0.2, 0.25) is 0 Å². The molecule has 188 valence electrons. The number of nitrogens with two attached hydrogens (primary N) is 1. The number of para-hydroxylation sites is 1. The number of carbonyl (C=O) groups is 1. The molecular weight excluding hydrogens is 442 g/mol. The largest absolute Gasteiger partial charge is 0.398 e. The molecule has 0 heterocycles. The van der Waals surface area contributed by atoms with Gasteiger partial charge in [0.1, 0.15) is 0 Å². The lowest BCUT2D eigenvalue weighted by atomic mass is 9.82. The molecule has 0 spiro atoms. The van der Waals surface area contributed by atoms with Gasteiger partial charge >= 0.3 is 0 Å². The number of carbonyl (C=O) groups excluding carboxylic acids is 1. The number of nitrogens with one attached hydrogen (secondary N) is 2. The van der Waals surface area contributed by atoms with Crippen LogP contribution in [0.1, 0.15) is 84.5 Å². The van der Waals surface area contributed by atoms with Crippen molar-refractivity contribution in [3.8, 4) is 0 Å². The topological polar surface area (TPSA) is 67.2 Å². The van der Waals surface area contributed by atoms with Gasteiger partial charge in [-0.15, -0.1) is 6.58 Å². The molecule has 1 aliphatic carbocycles. The van der Waals surface area contributed by atoms with Crippen LogP contribution in [-0.2, 0) is 0 Å². The molecular formula is C32H39N3O. The maximum absolute atomic E-state index is 13.1. The summed E-state index contributed by atoms with van der Waals surface area (Å²) < 4.78 is 0. The lowest BCUT2D eigenvalue weighted by molar-refractivity contribution is 0.0944. The number of nitrogen functional groups attached to an aromatic ring is 1. The van der Waals surface area contributed by atoms with E-state index < -0.39 is 0 Å². The number of benzene rings is 3. The van der Waals surface area contributed by atoms with E-state index in [4.69, 9.17) is 5.73 Å². The van der Waals surface area contributed by atoms with Crippen LogP contribution >= 0.6 is 0 Å². The van der Waals surface area contributed by atoms with Crippen LogP contribution in [0.3, 0.4) is 0 Å². The maximum atomic E-state index is 13.1. The molecule has 3 aromatic carbocycles. The molecule has 0 aliphatic heterocycles. The lowest BCUT2D eigenvalue weighted by Crippen LogP contribution is -2.27. The van der Waals surface area contributed by atoms with E-state index in [1.165, 1.54) is 44.1 Å². The number of aryl methyl sites for hydroxylation is 1. The van der Waals surface area contributed by atoms with Crippen molar-refractivity contribution in [1.82, 2.24) is 5.32 Å². The highest BCUT2D eigenvalue weighted by atomic mass is 16.1. The molecule has 0 radical (unpaired) electrons. The smallest absolute Gasteiger partial charge is 0.252 e. The van der Waals surface area contributed by atoms with E-state index in [1.807, 2.05) is 48.5 Å². The summed E-state index contributed by atoms with van der Waals surface area (Å²) >= 11 is 0. The first-order valence-corrected chi connectivity index (χ1v) is 13.2. The van der Waals surface area contributed by atoms with Gasteiger partial charge in [0.05, 0.1) is 6.04 Å². The summed E-state index contributed by atoms with van der Waals surface area (Å²) in [4.78, 5) is 13.1. The van der Waals surface area contributed by atoms with Crippen molar-refractivity contribution in [2.75, 3.05) is 11.1 Å². The van der Waals surface area contributed by atoms with Crippen LogP contribution in [0.25, 0.3) is 0 Å². The Bertz CT molecular complexity index is 1180. The van der Waals surface area contributed by atoms with Gasteiger partial charge in [-0.1, -0.05) is 75.1 Å². The molecule has 1 saturated carbocycles. The molecule has 1 amide bonds. The van der Waals surface area contributed by atoms with Gasteiger partial charge in [0, 0.05) is 28.2 Å². The average Bonchev–Trinajstić information content (AvgIpc) is 2.87. The van der Waals surface area contributed by atoms with E-state index in [2.05, 4.69) is 49.3 Å². The molecule has 1 fully saturated rings. The van der Waals surface area contributed by atoms with Crippen LogP contribution < -0.4 is 16.4 Å². The fraction of sp³-hybridized carbons (Fsp3) is 0.344. The first-order chi connectivity index (χ1) is 17.4. The average molecular weight is 482 g/mol. The molecule has 1 aliphatic rings. The van der Waals surface area contributed by atoms with E-state index in [0.717, 1.165) is 28.4 Å². The van der Waals surface area contributed by atoms with E-state index >= 15 is 0 Å². The van der Waals surface area contributed by atoms with Gasteiger partial charge in [-0.2, -0.15) is 0 Å². The van der Waals surface area contributed by atoms with Gasteiger partial charge in [-0.3, -0.25) is 4.79 Å². The van der Waals surface area contributed by atoms with E-state index in [1.54, 1.807) is 6.08 Å². The Labute approximate surface area is 216 Å². The second kappa shape index (κ2) is 11.9. The quantitative estimate of drug-likeness (QED) is 0.236. The lowest BCUT2D eigenvalue weighted by Gasteiger charge is -2.23. The van der Waals surface area contributed by atoms with Crippen LogP contribution in [-0.4, -0.2) is 5.91 Å². The summed E-state index contributed by atoms with van der Waals surface area (Å²) in [5.41, 5.74) is 12.9. The first kappa shape index (κ1) is 25.6. The zero-order valence-corrected chi connectivity index (χ0v) is 21.6. The predicted octanol–water partition coefficient (Wildman–Crippen LogP) is 8.05. The van der Waals surface area contributed by atoms with Crippen LogP contribution in [0.2, 0.25) is 0 Å².